The smallest absolute Gasteiger partial charge is 0.293 e. The Morgan fingerprint density at radius 2 is 1.79 bits per heavy atom. The van der Waals surface area contributed by atoms with Crippen molar-refractivity contribution in [3.05, 3.63) is 28.7 Å². The molecule has 0 radical (unpaired) electrons. The minimum absolute atomic E-state index is 0.143. The van der Waals surface area contributed by atoms with Crippen LogP contribution in [0.15, 0.2) is 23.1 Å². The lowest BCUT2D eigenvalue weighted by Crippen LogP contribution is -2.34. The fourth-order valence-electron chi connectivity index (χ4n) is 4.59. The second-order valence-corrected chi connectivity index (χ2v) is 9.26. The molecule has 156 valence electrons. The number of ether oxygens (including phenoxy) is 1. The summed E-state index contributed by atoms with van der Waals surface area (Å²) >= 11 is 1.05. The van der Waals surface area contributed by atoms with Crippen LogP contribution in [-0.4, -0.2) is 42.8 Å². The summed E-state index contributed by atoms with van der Waals surface area (Å²) in [7, 11) is 1.65. The molecule has 0 unspecified atom stereocenters. The first kappa shape index (κ1) is 20.3. The average Bonchev–Trinajstić information content (AvgIpc) is 3.03. The molecule has 0 spiro atoms. The fourth-order valence-corrected chi connectivity index (χ4v) is 5.43. The van der Waals surface area contributed by atoms with Crippen LogP contribution in [0.4, 0.5) is 10.5 Å². The van der Waals surface area contributed by atoms with Gasteiger partial charge in [0.05, 0.1) is 12.0 Å². The first-order valence-electron chi connectivity index (χ1n) is 10.8. The molecule has 4 rings (SSSR count). The van der Waals surface area contributed by atoms with Gasteiger partial charge in [-0.2, -0.15) is 0 Å². The summed E-state index contributed by atoms with van der Waals surface area (Å²) in [5.74, 6) is 1.04. The van der Waals surface area contributed by atoms with E-state index in [1.807, 2.05) is 18.2 Å². The third kappa shape index (κ3) is 4.63. The number of rotatable bonds is 5. The van der Waals surface area contributed by atoms with Crippen molar-refractivity contribution in [3.63, 3.8) is 0 Å². The van der Waals surface area contributed by atoms with Crippen molar-refractivity contribution in [1.29, 1.82) is 0 Å². The Morgan fingerprint density at radius 1 is 1.07 bits per heavy atom. The second-order valence-electron chi connectivity index (χ2n) is 8.27. The molecule has 2 saturated heterocycles. The zero-order valence-corrected chi connectivity index (χ0v) is 18.0. The van der Waals surface area contributed by atoms with Crippen molar-refractivity contribution in [1.82, 2.24) is 4.90 Å². The number of hydrogen-bond donors (Lipinski definition) is 0. The van der Waals surface area contributed by atoms with Gasteiger partial charge in [0.25, 0.3) is 11.1 Å². The quantitative estimate of drug-likeness (QED) is 0.612. The number of benzene rings is 1. The molecule has 0 bridgehead atoms. The summed E-state index contributed by atoms with van der Waals surface area (Å²) in [4.78, 5) is 29.7. The van der Waals surface area contributed by atoms with Gasteiger partial charge in [0.15, 0.2) is 0 Å². The van der Waals surface area contributed by atoms with E-state index < -0.39 is 0 Å². The molecule has 6 heteroatoms. The molecular weight excluding hydrogens is 384 g/mol. The van der Waals surface area contributed by atoms with Crippen LogP contribution in [0.25, 0.3) is 6.08 Å². The maximum Gasteiger partial charge on any atom is 0.293 e. The van der Waals surface area contributed by atoms with Crippen molar-refractivity contribution in [2.45, 2.75) is 51.4 Å². The highest BCUT2D eigenvalue weighted by atomic mass is 32.2. The molecule has 3 fully saturated rings. The number of carbonyl (C=O) groups excluding carboxylic acids is 2. The largest absolute Gasteiger partial charge is 0.496 e. The van der Waals surface area contributed by atoms with Crippen LogP contribution in [0.2, 0.25) is 0 Å². The number of imide groups is 1. The molecule has 2 heterocycles. The van der Waals surface area contributed by atoms with Gasteiger partial charge in [-0.15, -0.1) is 0 Å². The van der Waals surface area contributed by atoms with Crippen LogP contribution in [0.5, 0.6) is 5.75 Å². The highest BCUT2D eigenvalue weighted by Crippen LogP contribution is 2.37. The topological polar surface area (TPSA) is 49.9 Å². The number of piperidine rings is 1. The molecule has 2 aliphatic heterocycles. The van der Waals surface area contributed by atoms with E-state index in [0.29, 0.717) is 17.4 Å². The summed E-state index contributed by atoms with van der Waals surface area (Å²) in [6.07, 6.45) is 11.5. The van der Waals surface area contributed by atoms with E-state index in [1.54, 1.807) is 7.11 Å². The summed E-state index contributed by atoms with van der Waals surface area (Å²) in [5, 5.41) is -0.143. The van der Waals surface area contributed by atoms with E-state index in [0.717, 1.165) is 54.7 Å². The monoisotopic (exact) mass is 414 g/mol. The molecule has 1 saturated carbocycles. The lowest BCUT2D eigenvalue weighted by molar-refractivity contribution is -0.123. The highest BCUT2D eigenvalue weighted by molar-refractivity contribution is 8.18. The van der Waals surface area contributed by atoms with Gasteiger partial charge in [0.1, 0.15) is 5.75 Å². The van der Waals surface area contributed by atoms with Gasteiger partial charge in [0.2, 0.25) is 0 Å². The Morgan fingerprint density at radius 3 is 2.52 bits per heavy atom. The third-order valence-corrected chi connectivity index (χ3v) is 7.17. The minimum atomic E-state index is -0.160. The van der Waals surface area contributed by atoms with E-state index in [9.17, 15) is 9.59 Å². The van der Waals surface area contributed by atoms with Gasteiger partial charge in [-0.25, -0.2) is 0 Å². The molecule has 0 atom stereocenters. The van der Waals surface area contributed by atoms with Crippen LogP contribution < -0.4 is 9.64 Å². The van der Waals surface area contributed by atoms with E-state index in [-0.39, 0.29) is 11.1 Å². The summed E-state index contributed by atoms with van der Waals surface area (Å²) in [6, 6.07) is 6.13. The number of anilines is 1. The Bertz CT molecular complexity index is 795. The maximum atomic E-state index is 12.9. The molecule has 5 nitrogen and oxygen atoms in total. The number of hydrogen-bond acceptors (Lipinski definition) is 5. The first-order valence-corrected chi connectivity index (χ1v) is 11.7. The number of nitrogens with zero attached hydrogens (tertiary/aromatic N) is 2. The molecule has 29 heavy (non-hydrogen) atoms. The van der Waals surface area contributed by atoms with E-state index in [4.69, 9.17) is 4.74 Å². The van der Waals surface area contributed by atoms with Crippen molar-refractivity contribution in [2.24, 2.45) is 5.92 Å². The number of thioether (sulfide) groups is 1. The molecular formula is C23H30N2O3S. The number of methoxy groups -OCH3 is 1. The van der Waals surface area contributed by atoms with Crippen LogP contribution >= 0.6 is 11.8 Å². The van der Waals surface area contributed by atoms with E-state index >= 15 is 0 Å². The zero-order valence-electron chi connectivity index (χ0n) is 17.2. The molecule has 2 amide bonds. The molecule has 0 N–H and O–H groups in total. The van der Waals surface area contributed by atoms with Crippen molar-refractivity contribution in [2.75, 3.05) is 31.6 Å². The molecule has 3 aliphatic rings. The lowest BCUT2D eigenvalue weighted by Gasteiger charge is -2.29. The number of amides is 2. The normalized spacial score (nSPS) is 22.6. The number of carbonyl (C=O) groups is 2. The summed E-state index contributed by atoms with van der Waals surface area (Å²) < 4.78 is 5.61. The van der Waals surface area contributed by atoms with Crippen LogP contribution in [0.1, 0.15) is 56.9 Å². The SMILES string of the molecule is COc1cc(N2CCCCC2)ccc1/C=C1/SC(=O)N(CC2CCCCC2)C1=O. The Labute approximate surface area is 177 Å². The van der Waals surface area contributed by atoms with Crippen molar-refractivity contribution in [3.8, 4) is 5.75 Å². The predicted octanol–water partition coefficient (Wildman–Crippen LogP) is 5.30. The average molecular weight is 415 g/mol. The van der Waals surface area contributed by atoms with Gasteiger partial charge in [0, 0.05) is 37.0 Å². The zero-order chi connectivity index (χ0) is 20.2. The molecule has 1 aromatic rings. The van der Waals surface area contributed by atoms with Gasteiger partial charge in [-0.1, -0.05) is 19.3 Å². The Kier molecular flexibility index (Phi) is 6.48. The molecule has 1 aromatic carbocycles. The van der Waals surface area contributed by atoms with Gasteiger partial charge in [-0.3, -0.25) is 14.5 Å². The standard InChI is InChI=1S/C23H30N2O3S/c1-28-20-15-19(24-12-6-3-7-13-24)11-10-18(20)14-21-22(26)25(23(27)29-21)16-17-8-4-2-5-9-17/h10-11,14-15,17H,2-9,12-13,16H2,1H3/b21-14+. The van der Waals surface area contributed by atoms with Gasteiger partial charge >= 0.3 is 0 Å². The van der Waals surface area contributed by atoms with Gasteiger partial charge < -0.3 is 9.64 Å². The lowest BCUT2D eigenvalue weighted by atomic mass is 9.89. The van der Waals surface area contributed by atoms with E-state index in [2.05, 4.69) is 11.0 Å². The van der Waals surface area contributed by atoms with Crippen LogP contribution in [0.3, 0.4) is 0 Å². The fraction of sp³-hybridized carbons (Fsp3) is 0.565. The van der Waals surface area contributed by atoms with Gasteiger partial charge in [-0.05, 0) is 68.0 Å². The highest BCUT2D eigenvalue weighted by Gasteiger charge is 2.36. The molecule has 0 aromatic heterocycles. The summed E-state index contributed by atoms with van der Waals surface area (Å²) in [5.41, 5.74) is 2.00. The first-order chi connectivity index (χ1) is 14.2. The third-order valence-electron chi connectivity index (χ3n) is 6.26. The second kappa shape index (κ2) is 9.24. The Hall–Kier alpha value is -1.95. The minimum Gasteiger partial charge on any atom is -0.496 e. The van der Waals surface area contributed by atoms with Crippen molar-refractivity contribution >= 4 is 34.7 Å². The molecule has 1 aliphatic carbocycles. The van der Waals surface area contributed by atoms with Crippen molar-refractivity contribution < 1.29 is 14.3 Å². The predicted molar refractivity (Wildman–Crippen MR) is 118 cm³/mol. The Balaban J connectivity index is 1.50. The van der Waals surface area contributed by atoms with Crippen LogP contribution in [-0.2, 0) is 4.79 Å². The van der Waals surface area contributed by atoms with E-state index in [1.165, 1.54) is 43.4 Å². The summed E-state index contributed by atoms with van der Waals surface area (Å²) in [6.45, 7) is 2.71. The van der Waals surface area contributed by atoms with Crippen LogP contribution in [0, 0.1) is 5.92 Å². The maximum absolute atomic E-state index is 12.9.